The van der Waals surface area contributed by atoms with Crippen molar-refractivity contribution < 1.29 is 4.39 Å². The molecule has 0 atom stereocenters. The second-order valence-electron chi connectivity index (χ2n) is 9.32. The van der Waals surface area contributed by atoms with E-state index in [1.807, 2.05) is 12.1 Å². The fourth-order valence-electron chi connectivity index (χ4n) is 4.70. The third-order valence-corrected chi connectivity index (χ3v) is 6.80. The first-order chi connectivity index (χ1) is 15.2. The van der Waals surface area contributed by atoms with Crippen LogP contribution in [0.4, 0.5) is 4.39 Å². The molecule has 31 heavy (non-hydrogen) atoms. The van der Waals surface area contributed by atoms with Crippen molar-refractivity contribution >= 4 is 0 Å². The van der Waals surface area contributed by atoms with Crippen LogP contribution in [0.2, 0.25) is 0 Å². The quantitative estimate of drug-likeness (QED) is 0.281. The Bertz CT molecular complexity index is 844. The molecular formula is C30H39F. The van der Waals surface area contributed by atoms with E-state index in [1.54, 1.807) is 6.07 Å². The summed E-state index contributed by atoms with van der Waals surface area (Å²) in [5.74, 6) is 8.31. The van der Waals surface area contributed by atoms with E-state index in [0.29, 0.717) is 5.92 Å². The van der Waals surface area contributed by atoms with Crippen LogP contribution >= 0.6 is 0 Å². The number of rotatable bonds is 9. The highest BCUT2D eigenvalue weighted by Crippen LogP contribution is 2.31. The Balaban J connectivity index is 1.53. The topological polar surface area (TPSA) is 0 Å². The maximum atomic E-state index is 14.5. The number of aryl methyl sites for hydroxylation is 1. The van der Waals surface area contributed by atoms with Crippen molar-refractivity contribution in [3.63, 3.8) is 0 Å². The van der Waals surface area contributed by atoms with Crippen LogP contribution in [0.25, 0.3) is 11.1 Å². The van der Waals surface area contributed by atoms with E-state index in [2.05, 4.69) is 50.0 Å². The van der Waals surface area contributed by atoms with E-state index in [4.69, 9.17) is 0 Å². The zero-order valence-electron chi connectivity index (χ0n) is 19.6. The summed E-state index contributed by atoms with van der Waals surface area (Å²) in [6.45, 7) is 4.45. The van der Waals surface area contributed by atoms with E-state index in [1.165, 1.54) is 51.4 Å². The first kappa shape index (κ1) is 23.6. The summed E-state index contributed by atoms with van der Waals surface area (Å²) in [6.07, 6.45) is 14.9. The number of benzene rings is 2. The molecule has 0 N–H and O–H groups in total. The van der Waals surface area contributed by atoms with Crippen molar-refractivity contribution in [3.8, 4) is 23.0 Å². The standard InChI is InChI=1S/C30H39F/c1-3-5-7-9-24-11-13-25(14-12-24)15-16-26-17-19-27(20-18-26)29-22-21-28(30(31)23-29)10-8-6-4-2/h17-25H,3-14H2,1-2H3. The molecule has 0 spiro atoms. The van der Waals surface area contributed by atoms with Crippen LogP contribution in [0.15, 0.2) is 42.5 Å². The Kier molecular flexibility index (Phi) is 9.67. The third kappa shape index (κ3) is 7.53. The van der Waals surface area contributed by atoms with Crippen LogP contribution in [0, 0.1) is 29.5 Å². The third-order valence-electron chi connectivity index (χ3n) is 6.80. The molecule has 1 aliphatic rings. The summed E-state index contributed by atoms with van der Waals surface area (Å²) in [7, 11) is 0. The molecule has 0 aliphatic heterocycles. The summed E-state index contributed by atoms with van der Waals surface area (Å²) in [5.41, 5.74) is 3.89. The van der Waals surface area contributed by atoms with Gasteiger partial charge in [0.2, 0.25) is 0 Å². The molecule has 0 bridgehead atoms. The van der Waals surface area contributed by atoms with Crippen LogP contribution in [-0.2, 0) is 6.42 Å². The fraction of sp³-hybridized carbons (Fsp3) is 0.533. The Hall–Kier alpha value is -2.07. The molecule has 0 amide bonds. The van der Waals surface area contributed by atoms with Gasteiger partial charge in [0.1, 0.15) is 5.82 Å². The van der Waals surface area contributed by atoms with E-state index in [-0.39, 0.29) is 5.82 Å². The molecule has 1 fully saturated rings. The molecule has 3 rings (SSSR count). The van der Waals surface area contributed by atoms with Crippen molar-refractivity contribution in [2.75, 3.05) is 0 Å². The number of unbranched alkanes of at least 4 members (excludes halogenated alkanes) is 4. The van der Waals surface area contributed by atoms with Gasteiger partial charge in [0.15, 0.2) is 0 Å². The fourth-order valence-corrected chi connectivity index (χ4v) is 4.70. The largest absolute Gasteiger partial charge is 0.207 e. The van der Waals surface area contributed by atoms with E-state index in [0.717, 1.165) is 53.9 Å². The van der Waals surface area contributed by atoms with Gasteiger partial charge in [-0.2, -0.15) is 0 Å². The molecule has 1 heteroatoms. The molecule has 0 heterocycles. The normalized spacial score (nSPS) is 18.4. The predicted octanol–water partition coefficient (Wildman–Crippen LogP) is 8.96. The summed E-state index contributed by atoms with van der Waals surface area (Å²) in [6, 6.07) is 14.0. The smallest absolute Gasteiger partial charge is 0.127 e. The lowest BCUT2D eigenvalue weighted by molar-refractivity contribution is 0.294. The van der Waals surface area contributed by atoms with Crippen molar-refractivity contribution in [3.05, 3.63) is 59.4 Å². The lowest BCUT2D eigenvalue weighted by Crippen LogP contribution is -2.13. The minimum absolute atomic E-state index is 0.0808. The summed E-state index contributed by atoms with van der Waals surface area (Å²) in [4.78, 5) is 0. The maximum Gasteiger partial charge on any atom is 0.127 e. The SMILES string of the molecule is CCCCCc1ccc(-c2ccc(C#CC3CCC(CCCCC)CC3)cc2)cc1F. The molecule has 0 saturated heterocycles. The molecule has 0 aromatic heterocycles. The van der Waals surface area contributed by atoms with Gasteiger partial charge in [0, 0.05) is 11.5 Å². The Labute approximate surface area is 189 Å². The maximum absolute atomic E-state index is 14.5. The van der Waals surface area contributed by atoms with E-state index >= 15 is 0 Å². The Morgan fingerprint density at radius 3 is 2.16 bits per heavy atom. The molecule has 1 aliphatic carbocycles. The second kappa shape index (κ2) is 12.7. The predicted molar refractivity (Wildman–Crippen MR) is 132 cm³/mol. The van der Waals surface area contributed by atoms with E-state index < -0.39 is 0 Å². The van der Waals surface area contributed by atoms with Gasteiger partial charge in [-0.05, 0) is 79.3 Å². The Morgan fingerprint density at radius 2 is 1.48 bits per heavy atom. The first-order valence-corrected chi connectivity index (χ1v) is 12.6. The number of halogens is 1. The van der Waals surface area contributed by atoms with Crippen LogP contribution in [0.5, 0.6) is 0 Å². The summed E-state index contributed by atoms with van der Waals surface area (Å²) < 4.78 is 14.5. The zero-order chi connectivity index (χ0) is 21.9. The highest BCUT2D eigenvalue weighted by molar-refractivity contribution is 5.65. The van der Waals surface area contributed by atoms with E-state index in [9.17, 15) is 4.39 Å². The van der Waals surface area contributed by atoms with Gasteiger partial charge >= 0.3 is 0 Å². The zero-order valence-corrected chi connectivity index (χ0v) is 19.6. The van der Waals surface area contributed by atoms with Crippen molar-refractivity contribution in [2.24, 2.45) is 11.8 Å². The molecule has 0 unspecified atom stereocenters. The molecule has 0 radical (unpaired) electrons. The average molecular weight is 419 g/mol. The van der Waals surface area contributed by atoms with Gasteiger partial charge in [-0.3, -0.25) is 0 Å². The molecule has 0 nitrogen and oxygen atoms in total. The second-order valence-corrected chi connectivity index (χ2v) is 9.32. The average Bonchev–Trinajstić information content (AvgIpc) is 2.80. The molecule has 1 saturated carbocycles. The summed E-state index contributed by atoms with van der Waals surface area (Å²) >= 11 is 0. The monoisotopic (exact) mass is 418 g/mol. The van der Waals surface area contributed by atoms with Crippen molar-refractivity contribution in [1.82, 2.24) is 0 Å². The van der Waals surface area contributed by atoms with Crippen LogP contribution in [0.3, 0.4) is 0 Å². The van der Waals surface area contributed by atoms with Gasteiger partial charge in [-0.25, -0.2) is 4.39 Å². The van der Waals surface area contributed by atoms with Crippen LogP contribution < -0.4 is 0 Å². The summed E-state index contributed by atoms with van der Waals surface area (Å²) in [5, 5.41) is 0. The first-order valence-electron chi connectivity index (χ1n) is 12.6. The number of hydrogen-bond donors (Lipinski definition) is 0. The van der Waals surface area contributed by atoms with Gasteiger partial charge in [-0.1, -0.05) is 88.5 Å². The highest BCUT2D eigenvalue weighted by atomic mass is 19.1. The lowest BCUT2D eigenvalue weighted by atomic mass is 9.80. The van der Waals surface area contributed by atoms with Crippen molar-refractivity contribution in [1.29, 1.82) is 0 Å². The van der Waals surface area contributed by atoms with Gasteiger partial charge in [0.25, 0.3) is 0 Å². The van der Waals surface area contributed by atoms with Crippen molar-refractivity contribution in [2.45, 2.75) is 90.9 Å². The van der Waals surface area contributed by atoms with Gasteiger partial charge in [0.05, 0.1) is 0 Å². The number of hydrogen-bond acceptors (Lipinski definition) is 0. The van der Waals surface area contributed by atoms with Gasteiger partial charge < -0.3 is 0 Å². The minimum Gasteiger partial charge on any atom is -0.207 e. The van der Waals surface area contributed by atoms with Crippen LogP contribution in [-0.4, -0.2) is 0 Å². The van der Waals surface area contributed by atoms with Crippen LogP contribution in [0.1, 0.15) is 95.6 Å². The minimum atomic E-state index is -0.0808. The molecule has 2 aromatic rings. The highest BCUT2D eigenvalue weighted by Gasteiger charge is 2.19. The molecular weight excluding hydrogens is 379 g/mol. The van der Waals surface area contributed by atoms with Gasteiger partial charge in [-0.15, -0.1) is 0 Å². The Morgan fingerprint density at radius 1 is 0.806 bits per heavy atom. The molecule has 166 valence electrons. The lowest BCUT2D eigenvalue weighted by Gasteiger charge is -2.25. The molecule has 2 aromatic carbocycles.